The maximum absolute atomic E-state index is 12.7. The van der Waals surface area contributed by atoms with Crippen LogP contribution in [0.3, 0.4) is 0 Å². The molecule has 150 valence electrons. The molecule has 1 saturated heterocycles. The molecule has 1 aliphatic heterocycles. The number of hydrogen-bond acceptors (Lipinski definition) is 5. The van der Waals surface area contributed by atoms with Crippen LogP contribution >= 0.6 is 0 Å². The number of nitrogens with zero attached hydrogens (tertiary/aromatic N) is 1. The van der Waals surface area contributed by atoms with E-state index in [0.717, 1.165) is 27.8 Å². The molecule has 0 bridgehead atoms. The first-order chi connectivity index (χ1) is 14.7. The summed E-state index contributed by atoms with van der Waals surface area (Å²) in [5, 5.41) is 0. The van der Waals surface area contributed by atoms with Crippen molar-refractivity contribution in [3.8, 4) is 11.1 Å². The second-order valence-electron chi connectivity index (χ2n) is 7.53. The fourth-order valence-corrected chi connectivity index (χ4v) is 4.89. The third-order valence-electron chi connectivity index (χ3n) is 6.13. The first-order valence-electron chi connectivity index (χ1n) is 9.93. The zero-order valence-electron chi connectivity index (χ0n) is 16.6. The molecule has 5 rings (SSSR count). The van der Waals surface area contributed by atoms with Crippen LogP contribution in [0.1, 0.15) is 23.1 Å². The van der Waals surface area contributed by atoms with Gasteiger partial charge < -0.3 is 9.47 Å². The van der Waals surface area contributed by atoms with Crippen LogP contribution in [-0.2, 0) is 24.6 Å². The van der Waals surface area contributed by atoms with E-state index in [1.807, 2.05) is 47.4 Å². The van der Waals surface area contributed by atoms with Crippen molar-refractivity contribution in [3.63, 3.8) is 0 Å². The predicted molar refractivity (Wildman–Crippen MR) is 111 cm³/mol. The van der Waals surface area contributed by atoms with Gasteiger partial charge in [0.25, 0.3) is 0 Å². The van der Waals surface area contributed by atoms with Gasteiger partial charge in [0.2, 0.25) is 0 Å². The number of carbonyl (C=O) groups is 2. The minimum atomic E-state index is -0.751. The van der Waals surface area contributed by atoms with Gasteiger partial charge in [0, 0.05) is 0 Å². The monoisotopic (exact) mass is 399 g/mol. The SMILES string of the molecule is COC(=O)C[C@H]1C(=O)OCN1C1(c2ccccc2)c2ccccc2-c2ccccc21. The molecule has 0 unspecified atom stereocenters. The molecule has 3 aromatic carbocycles. The Bertz CT molecular complexity index is 1080. The van der Waals surface area contributed by atoms with Crippen LogP contribution in [0.25, 0.3) is 11.1 Å². The lowest BCUT2D eigenvalue weighted by molar-refractivity contribution is -0.146. The van der Waals surface area contributed by atoms with Crippen LogP contribution in [0, 0.1) is 0 Å². The van der Waals surface area contributed by atoms with E-state index in [9.17, 15) is 9.59 Å². The van der Waals surface area contributed by atoms with E-state index >= 15 is 0 Å². The van der Waals surface area contributed by atoms with Gasteiger partial charge in [-0.3, -0.25) is 9.59 Å². The number of rotatable bonds is 4. The van der Waals surface area contributed by atoms with Gasteiger partial charge in [-0.05, 0) is 27.8 Å². The number of carbonyl (C=O) groups excluding carboxylic acids is 2. The Balaban J connectivity index is 1.81. The molecule has 1 aliphatic carbocycles. The van der Waals surface area contributed by atoms with Crippen molar-refractivity contribution in [3.05, 3.63) is 95.6 Å². The van der Waals surface area contributed by atoms with Crippen LogP contribution in [0.5, 0.6) is 0 Å². The highest BCUT2D eigenvalue weighted by Crippen LogP contribution is 2.55. The van der Waals surface area contributed by atoms with Crippen LogP contribution in [-0.4, -0.2) is 36.7 Å². The Kier molecular flexibility index (Phi) is 4.40. The van der Waals surface area contributed by atoms with Crippen molar-refractivity contribution in [1.29, 1.82) is 0 Å². The van der Waals surface area contributed by atoms with E-state index in [2.05, 4.69) is 36.4 Å². The summed E-state index contributed by atoms with van der Waals surface area (Å²) in [5.74, 6) is -0.843. The van der Waals surface area contributed by atoms with E-state index in [4.69, 9.17) is 9.47 Å². The van der Waals surface area contributed by atoms with Gasteiger partial charge in [-0.25, -0.2) is 4.90 Å². The molecule has 0 radical (unpaired) electrons. The second kappa shape index (κ2) is 7.11. The van der Waals surface area contributed by atoms with Crippen LogP contribution in [0.4, 0.5) is 0 Å². The minimum absolute atomic E-state index is 0.0613. The van der Waals surface area contributed by atoms with Gasteiger partial charge in [0.1, 0.15) is 18.3 Å². The highest BCUT2D eigenvalue weighted by Gasteiger charge is 2.55. The first kappa shape index (κ1) is 18.6. The number of ether oxygens (including phenoxy) is 2. The van der Waals surface area contributed by atoms with Gasteiger partial charge in [-0.15, -0.1) is 0 Å². The number of methoxy groups -OCH3 is 1. The van der Waals surface area contributed by atoms with Crippen molar-refractivity contribution in [2.45, 2.75) is 18.0 Å². The molecule has 30 heavy (non-hydrogen) atoms. The van der Waals surface area contributed by atoms with Crippen molar-refractivity contribution in [2.24, 2.45) is 0 Å². The maximum atomic E-state index is 12.7. The molecule has 0 saturated carbocycles. The Morgan fingerprint density at radius 3 is 2.13 bits per heavy atom. The lowest BCUT2D eigenvalue weighted by Crippen LogP contribution is -2.51. The standard InChI is InChI=1S/C25H21NO4/c1-29-23(27)15-22-24(28)30-16-26(22)25(17-9-3-2-4-10-17)20-13-7-5-11-18(20)19-12-6-8-14-21(19)25/h2-14,22H,15-16H2,1H3/t22-/m0/s1. The number of hydrogen-bond donors (Lipinski definition) is 0. The quantitative estimate of drug-likeness (QED) is 0.626. The molecular weight excluding hydrogens is 378 g/mol. The molecule has 5 nitrogen and oxygen atoms in total. The van der Waals surface area contributed by atoms with E-state index in [0.29, 0.717) is 0 Å². The van der Waals surface area contributed by atoms with Crippen molar-refractivity contribution >= 4 is 11.9 Å². The van der Waals surface area contributed by atoms with Crippen LogP contribution in [0.15, 0.2) is 78.9 Å². The molecular formula is C25H21NO4. The molecule has 5 heteroatoms. The average molecular weight is 399 g/mol. The van der Waals surface area contributed by atoms with E-state index in [1.165, 1.54) is 7.11 Å². The molecule has 0 spiro atoms. The lowest BCUT2D eigenvalue weighted by atomic mass is 9.78. The summed E-state index contributed by atoms with van der Waals surface area (Å²) in [6.45, 7) is 0.0953. The van der Waals surface area contributed by atoms with Crippen LogP contribution in [0.2, 0.25) is 0 Å². The van der Waals surface area contributed by atoms with E-state index < -0.39 is 23.5 Å². The molecule has 2 aliphatic rings. The third-order valence-corrected chi connectivity index (χ3v) is 6.13. The molecule has 0 aromatic heterocycles. The fraction of sp³-hybridized carbons (Fsp3) is 0.200. The molecule has 0 N–H and O–H groups in total. The largest absolute Gasteiger partial charge is 0.469 e. The van der Waals surface area contributed by atoms with Crippen LogP contribution < -0.4 is 0 Å². The normalized spacial score (nSPS) is 19.1. The van der Waals surface area contributed by atoms with Crippen molar-refractivity contribution in [2.75, 3.05) is 13.8 Å². The summed E-state index contributed by atoms with van der Waals surface area (Å²) < 4.78 is 10.4. The van der Waals surface area contributed by atoms with E-state index in [-0.39, 0.29) is 13.2 Å². The Morgan fingerprint density at radius 2 is 1.53 bits per heavy atom. The summed E-state index contributed by atoms with van der Waals surface area (Å²) in [4.78, 5) is 26.9. The Labute approximate surface area is 174 Å². The second-order valence-corrected chi connectivity index (χ2v) is 7.53. The van der Waals surface area contributed by atoms with Crippen molar-refractivity contribution < 1.29 is 19.1 Å². The predicted octanol–water partition coefficient (Wildman–Crippen LogP) is 3.71. The minimum Gasteiger partial charge on any atom is -0.469 e. The third kappa shape index (κ3) is 2.52. The summed E-state index contributed by atoms with van der Waals surface area (Å²) in [5.41, 5.74) is 4.66. The Hall–Kier alpha value is -3.44. The maximum Gasteiger partial charge on any atom is 0.325 e. The average Bonchev–Trinajstić information content (AvgIpc) is 3.30. The molecule has 3 aromatic rings. The summed E-state index contributed by atoms with van der Waals surface area (Å²) in [6.07, 6.45) is -0.0613. The summed E-state index contributed by atoms with van der Waals surface area (Å²) in [7, 11) is 1.33. The van der Waals surface area contributed by atoms with Gasteiger partial charge in [-0.2, -0.15) is 0 Å². The topological polar surface area (TPSA) is 55.8 Å². The highest BCUT2D eigenvalue weighted by atomic mass is 16.6. The molecule has 1 atom stereocenters. The van der Waals surface area contributed by atoms with Gasteiger partial charge >= 0.3 is 11.9 Å². The number of fused-ring (bicyclic) bond motifs is 3. The Morgan fingerprint density at radius 1 is 0.967 bits per heavy atom. The first-order valence-corrected chi connectivity index (χ1v) is 9.93. The zero-order valence-corrected chi connectivity index (χ0v) is 16.6. The smallest absolute Gasteiger partial charge is 0.325 e. The van der Waals surface area contributed by atoms with Crippen molar-refractivity contribution in [1.82, 2.24) is 4.90 Å². The van der Waals surface area contributed by atoms with E-state index in [1.54, 1.807) is 0 Å². The summed E-state index contributed by atoms with van der Waals surface area (Å²) >= 11 is 0. The van der Waals surface area contributed by atoms with Gasteiger partial charge in [-0.1, -0.05) is 78.9 Å². The summed E-state index contributed by atoms with van der Waals surface area (Å²) in [6, 6.07) is 25.8. The lowest BCUT2D eigenvalue weighted by Gasteiger charge is -2.42. The van der Waals surface area contributed by atoms with Gasteiger partial charge in [0.15, 0.2) is 0 Å². The van der Waals surface area contributed by atoms with Gasteiger partial charge in [0.05, 0.1) is 13.5 Å². The number of esters is 2. The number of cyclic esters (lactones) is 1. The number of benzene rings is 3. The zero-order chi connectivity index (χ0) is 20.7. The highest BCUT2D eigenvalue weighted by molar-refractivity contribution is 5.87. The molecule has 0 amide bonds. The fourth-order valence-electron chi connectivity index (χ4n) is 4.89. The molecule has 1 fully saturated rings. The molecule has 1 heterocycles.